The number of imidazole rings is 2. The number of carbonyl (C=O) groups is 4. The fourth-order valence-electron chi connectivity index (χ4n) is 10.9. The standard InChI is InChI=1S/C52H55N9O6/c1-30-26-37-43-35(31-18-20-32(21-19-31)39-28-53-47(56-39)41-16-10-24-60(41)49(62)45(58-51(64)66-2)33-12-6-4-7-13-33)22-23-36(44(43)38(27-30)55-37)40-29-54-48(57-40)42-17-11-25-61(42)50(63)46(59-52(65)67-3)34-14-8-5-9-15-34/h4-9,12-15,18-23,28-30,37-38,41-42,45-46,55H,10-11,16-17,24-27H2,1-3H3,(H,53,56)(H,54,57)(H,58,64)(H,59,65)/t30?,37?,38?,41-,42-,45-,46-/m0/s1. The average Bonchev–Trinajstić information content (AvgIpc) is 4.23. The van der Waals surface area contributed by atoms with Crippen LogP contribution in [-0.2, 0) is 19.1 Å². The van der Waals surface area contributed by atoms with Gasteiger partial charge in [0.2, 0.25) is 0 Å². The molecule has 67 heavy (non-hydrogen) atoms. The van der Waals surface area contributed by atoms with Crippen molar-refractivity contribution in [3.8, 4) is 33.6 Å². The second-order valence-electron chi connectivity index (χ2n) is 18.1. The summed E-state index contributed by atoms with van der Waals surface area (Å²) in [7, 11) is 2.58. The van der Waals surface area contributed by atoms with Gasteiger partial charge in [-0.3, -0.25) is 9.59 Å². The Bertz CT molecular complexity index is 2770. The summed E-state index contributed by atoms with van der Waals surface area (Å²) in [6.07, 6.45) is 7.58. The van der Waals surface area contributed by atoms with Crippen molar-refractivity contribution in [3.63, 3.8) is 0 Å². The summed E-state index contributed by atoms with van der Waals surface area (Å²) in [6.45, 7) is 3.43. The lowest BCUT2D eigenvalue weighted by molar-refractivity contribution is -0.135. The molecule has 4 aliphatic rings. The molecule has 0 aliphatic carbocycles. The van der Waals surface area contributed by atoms with Crippen molar-refractivity contribution >= 4 is 24.0 Å². The minimum atomic E-state index is -0.893. The average molecular weight is 902 g/mol. The summed E-state index contributed by atoms with van der Waals surface area (Å²) in [6, 6.07) is 29.5. The van der Waals surface area contributed by atoms with Gasteiger partial charge in [-0.25, -0.2) is 19.6 Å². The number of piperidine rings is 1. The van der Waals surface area contributed by atoms with Crippen LogP contribution in [0, 0.1) is 5.92 Å². The van der Waals surface area contributed by atoms with Gasteiger partial charge in [0.1, 0.15) is 23.7 Å². The number of methoxy groups -OCH3 is 2. The maximum Gasteiger partial charge on any atom is 0.407 e. The lowest BCUT2D eigenvalue weighted by Gasteiger charge is -2.28. The lowest BCUT2D eigenvalue weighted by atomic mass is 9.88. The van der Waals surface area contributed by atoms with Crippen LogP contribution in [-0.4, -0.2) is 81.0 Å². The van der Waals surface area contributed by atoms with Crippen LogP contribution in [0.2, 0.25) is 0 Å². The van der Waals surface area contributed by atoms with Gasteiger partial charge >= 0.3 is 12.2 Å². The number of H-pyrrole nitrogens is 2. The molecule has 4 amide bonds. The van der Waals surface area contributed by atoms with Crippen molar-refractivity contribution in [1.29, 1.82) is 0 Å². The molecule has 3 unspecified atom stereocenters. The number of amides is 4. The molecule has 15 heteroatoms. The first kappa shape index (κ1) is 43.6. The predicted octanol–water partition coefficient (Wildman–Crippen LogP) is 8.77. The first-order valence-electron chi connectivity index (χ1n) is 23.2. The zero-order valence-electron chi connectivity index (χ0n) is 37.8. The Hall–Kier alpha value is -7.26. The number of hydrogen-bond donors (Lipinski definition) is 5. The summed E-state index contributed by atoms with van der Waals surface area (Å²) in [4.78, 5) is 73.5. The number of alkyl carbamates (subject to hydrolysis) is 2. The van der Waals surface area contributed by atoms with Gasteiger partial charge in [-0.05, 0) is 83.4 Å². The van der Waals surface area contributed by atoms with E-state index >= 15 is 0 Å². The molecule has 10 rings (SSSR count). The second kappa shape index (κ2) is 18.6. The molecule has 3 fully saturated rings. The Balaban J connectivity index is 0.898. The molecule has 15 nitrogen and oxygen atoms in total. The number of benzene rings is 4. The number of carbonyl (C=O) groups excluding carboxylic acids is 4. The molecular weight excluding hydrogens is 847 g/mol. The Morgan fingerprint density at radius 2 is 1.07 bits per heavy atom. The minimum absolute atomic E-state index is 0.190. The number of rotatable bonds is 11. The molecule has 2 bridgehead atoms. The van der Waals surface area contributed by atoms with E-state index in [0.717, 1.165) is 72.4 Å². The normalized spacial score (nSPS) is 21.6. The number of hydrogen-bond acceptors (Lipinski definition) is 9. The first-order valence-corrected chi connectivity index (χ1v) is 23.2. The topological polar surface area (TPSA) is 187 Å². The van der Waals surface area contributed by atoms with Crippen LogP contribution >= 0.6 is 0 Å². The van der Waals surface area contributed by atoms with E-state index in [-0.39, 0.29) is 36.0 Å². The van der Waals surface area contributed by atoms with Crippen LogP contribution in [0.25, 0.3) is 33.6 Å². The minimum Gasteiger partial charge on any atom is -0.453 e. The Kier molecular flexibility index (Phi) is 12.1. The summed E-state index contributed by atoms with van der Waals surface area (Å²) in [5.74, 6) is 1.56. The highest BCUT2D eigenvalue weighted by Gasteiger charge is 2.42. The molecule has 7 atom stereocenters. The van der Waals surface area contributed by atoms with Gasteiger partial charge in [-0.15, -0.1) is 0 Å². The van der Waals surface area contributed by atoms with E-state index in [1.54, 1.807) is 4.90 Å². The highest BCUT2D eigenvalue weighted by molar-refractivity contribution is 5.88. The molecule has 2 aromatic heterocycles. The van der Waals surface area contributed by atoms with Gasteiger partial charge in [0.15, 0.2) is 0 Å². The van der Waals surface area contributed by atoms with E-state index in [0.29, 0.717) is 36.0 Å². The second-order valence-corrected chi connectivity index (χ2v) is 18.1. The van der Waals surface area contributed by atoms with E-state index in [2.05, 4.69) is 69.2 Å². The summed E-state index contributed by atoms with van der Waals surface area (Å²) < 4.78 is 9.76. The Morgan fingerprint density at radius 3 is 1.60 bits per heavy atom. The number of fused-ring (bicyclic) bond motifs is 5. The molecule has 4 aliphatic heterocycles. The highest BCUT2D eigenvalue weighted by atomic mass is 16.5. The van der Waals surface area contributed by atoms with E-state index < -0.39 is 24.3 Å². The van der Waals surface area contributed by atoms with Crippen molar-refractivity contribution in [2.24, 2.45) is 5.92 Å². The number of ether oxygens (including phenoxy) is 2. The first-order chi connectivity index (χ1) is 32.7. The van der Waals surface area contributed by atoms with Crippen molar-refractivity contribution in [3.05, 3.63) is 143 Å². The van der Waals surface area contributed by atoms with Gasteiger partial charge < -0.3 is 45.2 Å². The quantitative estimate of drug-likeness (QED) is 0.0848. The van der Waals surface area contributed by atoms with Crippen LogP contribution < -0.4 is 16.0 Å². The van der Waals surface area contributed by atoms with Crippen LogP contribution in [0.3, 0.4) is 0 Å². The van der Waals surface area contributed by atoms with Gasteiger partial charge in [-0.2, -0.15) is 0 Å². The predicted molar refractivity (Wildman–Crippen MR) is 251 cm³/mol. The third-order valence-corrected chi connectivity index (χ3v) is 14.0. The fraction of sp³-hybridized carbons (Fsp3) is 0.346. The largest absolute Gasteiger partial charge is 0.453 e. The van der Waals surface area contributed by atoms with Gasteiger partial charge in [-0.1, -0.05) is 104 Å². The summed E-state index contributed by atoms with van der Waals surface area (Å²) in [5.41, 5.74) is 10.1. The number of likely N-dealkylation sites (tertiary alicyclic amines) is 2. The van der Waals surface area contributed by atoms with E-state index in [1.807, 2.05) is 78.0 Å². The van der Waals surface area contributed by atoms with Gasteiger partial charge in [0, 0.05) is 30.7 Å². The summed E-state index contributed by atoms with van der Waals surface area (Å²) >= 11 is 0. The van der Waals surface area contributed by atoms with E-state index in [1.165, 1.54) is 30.9 Å². The number of nitrogens with one attached hydrogen (secondary N) is 5. The molecule has 3 saturated heterocycles. The fourth-order valence-corrected chi connectivity index (χ4v) is 10.9. The molecule has 344 valence electrons. The van der Waals surface area contributed by atoms with Crippen molar-refractivity contribution in [1.82, 2.24) is 45.7 Å². The third-order valence-electron chi connectivity index (χ3n) is 14.0. The molecule has 6 aromatic rings. The van der Waals surface area contributed by atoms with Crippen molar-refractivity contribution in [2.45, 2.75) is 81.7 Å². The van der Waals surface area contributed by atoms with Crippen LogP contribution in [0.15, 0.2) is 109 Å². The molecule has 6 heterocycles. The molecule has 0 radical (unpaired) electrons. The molecule has 5 N–H and O–H groups in total. The molecule has 4 aromatic carbocycles. The smallest absolute Gasteiger partial charge is 0.407 e. The van der Waals surface area contributed by atoms with Crippen molar-refractivity contribution < 1.29 is 28.7 Å². The lowest BCUT2D eigenvalue weighted by Crippen LogP contribution is -2.42. The Labute approximate surface area is 389 Å². The SMILES string of the molecule is COC(=O)N[C@H](C(=O)N1CCC[C@H]1c1ncc(-c2ccc(-c3ccc(-c4cnc([C@@H]5CCCN5C(=O)[C@@H](NC(=O)OC)c5ccccc5)[nH]4)c4c3C3CC(C)CC4N3)cc2)[nH]1)c1ccccc1. The number of aromatic amines is 2. The van der Waals surface area contributed by atoms with Gasteiger partial charge in [0.05, 0.1) is 50.1 Å². The maximum atomic E-state index is 14.2. The third kappa shape index (κ3) is 8.43. The zero-order valence-corrected chi connectivity index (χ0v) is 37.8. The monoisotopic (exact) mass is 901 g/mol. The van der Waals surface area contributed by atoms with Crippen LogP contribution in [0.4, 0.5) is 9.59 Å². The maximum absolute atomic E-state index is 14.2. The van der Waals surface area contributed by atoms with Crippen molar-refractivity contribution in [2.75, 3.05) is 27.3 Å². The van der Waals surface area contributed by atoms with Crippen LogP contribution in [0.1, 0.15) is 116 Å². The molecule has 0 saturated carbocycles. The number of nitrogens with zero attached hydrogens (tertiary/aromatic N) is 4. The zero-order chi connectivity index (χ0) is 46.2. The number of aromatic nitrogens is 4. The molecular formula is C52H55N9O6. The van der Waals surface area contributed by atoms with E-state index in [4.69, 9.17) is 19.4 Å². The van der Waals surface area contributed by atoms with Crippen LogP contribution in [0.5, 0.6) is 0 Å². The summed E-state index contributed by atoms with van der Waals surface area (Å²) in [5, 5.41) is 9.44. The van der Waals surface area contributed by atoms with E-state index in [9.17, 15) is 19.2 Å². The highest BCUT2D eigenvalue weighted by Crippen LogP contribution is 2.52. The Morgan fingerprint density at radius 1 is 0.612 bits per heavy atom. The molecule has 0 spiro atoms. The van der Waals surface area contributed by atoms with Gasteiger partial charge in [0.25, 0.3) is 11.8 Å².